The lowest BCUT2D eigenvalue weighted by Crippen LogP contribution is -2.24. The number of nitrogens with zero attached hydrogens (tertiary/aromatic N) is 2. The van der Waals surface area contributed by atoms with Crippen LogP contribution in [0.5, 0.6) is 17.2 Å². The number of hydrogen-bond acceptors (Lipinski definition) is 6. The third kappa shape index (κ3) is 2.80. The van der Waals surface area contributed by atoms with Crippen molar-refractivity contribution in [1.29, 1.82) is 0 Å². The Labute approximate surface area is 144 Å². The van der Waals surface area contributed by atoms with Gasteiger partial charge in [-0.15, -0.1) is 0 Å². The fraction of sp³-hybridized carbons (Fsp3) is 0.167. The van der Waals surface area contributed by atoms with Gasteiger partial charge in [0.25, 0.3) is 11.8 Å². The first-order valence-electron chi connectivity index (χ1n) is 7.42. The molecule has 25 heavy (non-hydrogen) atoms. The number of carbonyl (C=O) groups is 2. The second-order valence-electron chi connectivity index (χ2n) is 5.17. The van der Waals surface area contributed by atoms with Crippen molar-refractivity contribution in [3.63, 3.8) is 0 Å². The van der Waals surface area contributed by atoms with Crippen LogP contribution >= 0.6 is 0 Å². The van der Waals surface area contributed by atoms with Gasteiger partial charge in [-0.05, 0) is 24.3 Å². The molecule has 0 saturated carbocycles. The van der Waals surface area contributed by atoms with Crippen LogP contribution in [0.1, 0.15) is 26.3 Å². The zero-order valence-electron chi connectivity index (χ0n) is 14.0. The maximum absolute atomic E-state index is 12.3. The average Bonchev–Trinajstić information content (AvgIpc) is 2.89. The summed E-state index contributed by atoms with van der Waals surface area (Å²) in [6, 6.07) is 9.95. The Hall–Kier alpha value is -3.35. The predicted octanol–water partition coefficient (Wildman–Crippen LogP) is 2.34. The Morgan fingerprint density at radius 2 is 1.40 bits per heavy atom. The summed E-state index contributed by atoms with van der Waals surface area (Å²) >= 11 is 0. The van der Waals surface area contributed by atoms with Crippen molar-refractivity contribution in [3.05, 3.63) is 53.1 Å². The molecule has 0 fully saturated rings. The molecule has 1 heterocycles. The van der Waals surface area contributed by atoms with E-state index in [1.165, 1.54) is 27.5 Å². The number of methoxy groups -OCH3 is 3. The molecule has 2 aromatic rings. The van der Waals surface area contributed by atoms with E-state index in [4.69, 9.17) is 14.2 Å². The highest BCUT2D eigenvalue weighted by molar-refractivity contribution is 6.21. The smallest absolute Gasteiger partial charge is 0.282 e. The van der Waals surface area contributed by atoms with Gasteiger partial charge in [0, 0.05) is 5.56 Å². The number of fused-ring (bicyclic) bond motifs is 1. The second-order valence-corrected chi connectivity index (χ2v) is 5.17. The zero-order chi connectivity index (χ0) is 18.0. The Bertz CT molecular complexity index is 816. The van der Waals surface area contributed by atoms with Gasteiger partial charge in [-0.3, -0.25) is 9.59 Å². The molecule has 2 amide bonds. The summed E-state index contributed by atoms with van der Waals surface area (Å²) in [5.41, 5.74) is 1.27. The molecule has 0 radical (unpaired) electrons. The number of hydrazone groups is 1. The minimum Gasteiger partial charge on any atom is -0.493 e. The van der Waals surface area contributed by atoms with Crippen LogP contribution in [0.15, 0.2) is 41.5 Å². The molecule has 0 unspecified atom stereocenters. The summed E-state index contributed by atoms with van der Waals surface area (Å²) in [5, 5.41) is 4.87. The van der Waals surface area contributed by atoms with Gasteiger partial charge < -0.3 is 14.2 Å². The average molecular weight is 340 g/mol. The molecular weight excluding hydrogens is 324 g/mol. The Kier molecular flexibility index (Phi) is 4.38. The van der Waals surface area contributed by atoms with Gasteiger partial charge in [-0.2, -0.15) is 10.1 Å². The summed E-state index contributed by atoms with van der Waals surface area (Å²) in [6.07, 6.45) is 1.40. The molecule has 3 rings (SSSR count). The quantitative estimate of drug-likeness (QED) is 0.617. The number of amides is 2. The lowest BCUT2D eigenvalue weighted by Gasteiger charge is -2.13. The van der Waals surface area contributed by atoms with Gasteiger partial charge in [-0.25, -0.2) is 0 Å². The monoisotopic (exact) mass is 340 g/mol. The first-order valence-corrected chi connectivity index (χ1v) is 7.42. The van der Waals surface area contributed by atoms with E-state index in [9.17, 15) is 9.59 Å². The lowest BCUT2D eigenvalue weighted by molar-refractivity contribution is 0.0660. The lowest BCUT2D eigenvalue weighted by atomic mass is 10.1. The maximum atomic E-state index is 12.3. The summed E-state index contributed by atoms with van der Waals surface area (Å²) in [5.74, 6) is 0.438. The van der Waals surface area contributed by atoms with Gasteiger partial charge in [-0.1, -0.05) is 12.1 Å². The molecule has 128 valence electrons. The van der Waals surface area contributed by atoms with Crippen molar-refractivity contribution in [2.24, 2.45) is 5.10 Å². The molecule has 1 aliphatic heterocycles. The van der Waals surface area contributed by atoms with Gasteiger partial charge in [0.1, 0.15) is 0 Å². The number of rotatable bonds is 5. The SMILES string of the molecule is COc1cc(/C=N/N2C(=O)c3ccccc3C2=O)cc(OC)c1OC. The number of ether oxygens (including phenoxy) is 3. The van der Waals surface area contributed by atoms with E-state index in [0.29, 0.717) is 33.9 Å². The highest BCUT2D eigenvalue weighted by Crippen LogP contribution is 2.37. The number of carbonyl (C=O) groups excluding carboxylic acids is 2. The van der Waals surface area contributed by atoms with E-state index in [2.05, 4.69) is 5.10 Å². The first-order chi connectivity index (χ1) is 12.1. The summed E-state index contributed by atoms with van der Waals surface area (Å²) in [4.78, 5) is 24.6. The zero-order valence-corrected chi connectivity index (χ0v) is 14.0. The normalized spacial score (nSPS) is 13.3. The summed E-state index contributed by atoms with van der Waals surface area (Å²) < 4.78 is 15.8. The van der Waals surface area contributed by atoms with Crippen LogP contribution in [0.25, 0.3) is 0 Å². The van der Waals surface area contributed by atoms with Crippen molar-refractivity contribution in [1.82, 2.24) is 5.01 Å². The maximum Gasteiger partial charge on any atom is 0.282 e. The van der Waals surface area contributed by atoms with Crippen LogP contribution in [-0.4, -0.2) is 44.4 Å². The van der Waals surface area contributed by atoms with Crippen LogP contribution in [0, 0.1) is 0 Å². The second kappa shape index (κ2) is 6.64. The molecule has 0 bridgehead atoms. The molecule has 7 heteroatoms. The van der Waals surface area contributed by atoms with E-state index in [1.54, 1.807) is 36.4 Å². The fourth-order valence-electron chi connectivity index (χ4n) is 2.58. The topological polar surface area (TPSA) is 77.4 Å². The van der Waals surface area contributed by atoms with E-state index >= 15 is 0 Å². The molecule has 0 aliphatic carbocycles. The molecule has 0 atom stereocenters. The van der Waals surface area contributed by atoms with E-state index in [1.807, 2.05) is 0 Å². The van der Waals surface area contributed by atoms with E-state index < -0.39 is 11.8 Å². The Morgan fingerprint density at radius 1 is 0.880 bits per heavy atom. The van der Waals surface area contributed by atoms with Crippen LogP contribution in [0.2, 0.25) is 0 Å². The third-order valence-electron chi connectivity index (χ3n) is 3.78. The van der Waals surface area contributed by atoms with Crippen LogP contribution < -0.4 is 14.2 Å². The Morgan fingerprint density at radius 3 is 1.84 bits per heavy atom. The van der Waals surface area contributed by atoms with Gasteiger partial charge in [0.15, 0.2) is 11.5 Å². The van der Waals surface area contributed by atoms with Gasteiger partial charge in [0.05, 0.1) is 38.7 Å². The summed E-state index contributed by atoms with van der Waals surface area (Å²) in [7, 11) is 4.51. The highest BCUT2D eigenvalue weighted by atomic mass is 16.5. The fourth-order valence-corrected chi connectivity index (χ4v) is 2.58. The predicted molar refractivity (Wildman–Crippen MR) is 90.6 cm³/mol. The molecule has 2 aromatic carbocycles. The van der Waals surface area contributed by atoms with Crippen molar-refractivity contribution in [3.8, 4) is 17.2 Å². The molecule has 7 nitrogen and oxygen atoms in total. The highest BCUT2D eigenvalue weighted by Gasteiger charge is 2.35. The van der Waals surface area contributed by atoms with Crippen LogP contribution in [0.3, 0.4) is 0 Å². The van der Waals surface area contributed by atoms with Crippen LogP contribution in [-0.2, 0) is 0 Å². The third-order valence-corrected chi connectivity index (χ3v) is 3.78. The van der Waals surface area contributed by atoms with Crippen molar-refractivity contribution >= 4 is 18.0 Å². The minimum atomic E-state index is -0.454. The van der Waals surface area contributed by atoms with Crippen molar-refractivity contribution in [2.75, 3.05) is 21.3 Å². The molecule has 0 spiro atoms. The molecule has 0 aromatic heterocycles. The number of benzene rings is 2. The van der Waals surface area contributed by atoms with E-state index in [-0.39, 0.29) is 0 Å². The largest absolute Gasteiger partial charge is 0.493 e. The van der Waals surface area contributed by atoms with Crippen molar-refractivity contribution in [2.45, 2.75) is 0 Å². The molecular formula is C18H16N2O5. The van der Waals surface area contributed by atoms with Gasteiger partial charge in [0.2, 0.25) is 5.75 Å². The Balaban J connectivity index is 1.93. The van der Waals surface area contributed by atoms with Crippen LogP contribution in [0.4, 0.5) is 0 Å². The number of hydrogen-bond donors (Lipinski definition) is 0. The first kappa shape index (κ1) is 16.5. The summed E-state index contributed by atoms with van der Waals surface area (Å²) in [6.45, 7) is 0. The standard InChI is InChI=1S/C18H16N2O5/c1-23-14-8-11(9-15(24-2)16(14)25-3)10-19-20-17(21)12-6-4-5-7-13(12)18(20)22/h4-10H,1-3H3/b19-10+. The molecule has 0 N–H and O–H groups in total. The minimum absolute atomic E-state index is 0.342. The molecule has 1 aliphatic rings. The molecule has 0 saturated heterocycles. The number of imide groups is 1. The van der Waals surface area contributed by atoms with Gasteiger partial charge >= 0.3 is 0 Å². The van der Waals surface area contributed by atoms with Crippen molar-refractivity contribution < 1.29 is 23.8 Å². The van der Waals surface area contributed by atoms with E-state index in [0.717, 1.165) is 5.01 Å².